The number of alkyl halides is 1. The Balaban J connectivity index is 2.67. The molecule has 0 amide bonds. The highest BCUT2D eigenvalue weighted by atomic mass is 19.1. The van der Waals surface area contributed by atoms with E-state index in [0.717, 1.165) is 24.4 Å². The summed E-state index contributed by atoms with van der Waals surface area (Å²) in [4.78, 5) is 1.99. The monoisotopic (exact) mass is 226 g/mol. The summed E-state index contributed by atoms with van der Waals surface area (Å²) in [6.07, 6.45) is 0.867. The van der Waals surface area contributed by atoms with Gasteiger partial charge in [-0.2, -0.15) is 0 Å². The Hall–Kier alpha value is -1.29. The van der Waals surface area contributed by atoms with Crippen molar-refractivity contribution in [3.8, 4) is 5.75 Å². The maximum Gasteiger partial charge on any atom is 0.119 e. The summed E-state index contributed by atoms with van der Waals surface area (Å²) in [5.74, 6) is 0.808. The van der Waals surface area contributed by atoms with Crippen LogP contribution in [0.3, 0.4) is 0 Å². The third kappa shape index (κ3) is 3.70. The van der Waals surface area contributed by atoms with E-state index in [9.17, 15) is 4.39 Å². The largest absolute Gasteiger partial charge is 0.497 e. The lowest BCUT2D eigenvalue weighted by atomic mass is 10.2. The number of halogens is 1. The molecular formula is C12H19FN2O. The van der Waals surface area contributed by atoms with Gasteiger partial charge >= 0.3 is 0 Å². The molecule has 0 aliphatic rings. The molecular weight excluding hydrogens is 207 g/mol. The second-order valence-corrected chi connectivity index (χ2v) is 3.52. The molecule has 0 atom stereocenters. The van der Waals surface area contributed by atoms with Gasteiger partial charge in [-0.15, -0.1) is 0 Å². The fourth-order valence-electron chi connectivity index (χ4n) is 1.55. The minimum Gasteiger partial charge on any atom is -0.497 e. The summed E-state index contributed by atoms with van der Waals surface area (Å²) in [5.41, 5.74) is 6.46. The van der Waals surface area contributed by atoms with E-state index in [1.165, 1.54) is 0 Å². The first kappa shape index (κ1) is 12.8. The summed E-state index contributed by atoms with van der Waals surface area (Å²) in [7, 11) is 1.63. The number of rotatable bonds is 7. The molecule has 1 rings (SSSR count). The van der Waals surface area contributed by atoms with Gasteiger partial charge in [-0.05, 0) is 37.2 Å². The Morgan fingerprint density at radius 3 is 2.44 bits per heavy atom. The van der Waals surface area contributed by atoms with Crippen LogP contribution >= 0.6 is 0 Å². The summed E-state index contributed by atoms with van der Waals surface area (Å²) < 4.78 is 17.5. The molecule has 4 heteroatoms. The van der Waals surface area contributed by atoms with Crippen LogP contribution in [0.1, 0.15) is 6.42 Å². The molecule has 0 saturated carbocycles. The topological polar surface area (TPSA) is 38.5 Å². The average molecular weight is 226 g/mol. The van der Waals surface area contributed by atoms with Crippen LogP contribution in [0.15, 0.2) is 24.3 Å². The van der Waals surface area contributed by atoms with Crippen LogP contribution in [0.5, 0.6) is 5.75 Å². The second-order valence-electron chi connectivity index (χ2n) is 3.52. The Morgan fingerprint density at radius 2 is 1.94 bits per heavy atom. The number of hydrogen-bond donors (Lipinski definition) is 1. The predicted molar refractivity (Wildman–Crippen MR) is 64.9 cm³/mol. The lowest BCUT2D eigenvalue weighted by Crippen LogP contribution is -2.28. The molecule has 0 heterocycles. The van der Waals surface area contributed by atoms with Crippen LogP contribution in [0, 0.1) is 0 Å². The lowest BCUT2D eigenvalue weighted by Gasteiger charge is -2.23. The zero-order valence-electron chi connectivity index (χ0n) is 9.66. The van der Waals surface area contributed by atoms with E-state index in [0.29, 0.717) is 13.1 Å². The first-order chi connectivity index (χ1) is 7.81. The third-order valence-electron chi connectivity index (χ3n) is 2.42. The van der Waals surface area contributed by atoms with E-state index in [2.05, 4.69) is 0 Å². The SMILES string of the molecule is COc1ccc(N(CCF)CCCN)cc1. The summed E-state index contributed by atoms with van der Waals surface area (Å²) >= 11 is 0. The van der Waals surface area contributed by atoms with Gasteiger partial charge in [0, 0.05) is 18.8 Å². The lowest BCUT2D eigenvalue weighted by molar-refractivity contribution is 0.414. The van der Waals surface area contributed by atoms with Gasteiger partial charge in [0.15, 0.2) is 0 Å². The molecule has 90 valence electrons. The standard InChI is InChI=1S/C12H19FN2O/c1-16-12-5-3-11(4-6-12)15(10-7-13)9-2-8-14/h3-6H,2,7-10,14H2,1H3. The average Bonchev–Trinajstić information content (AvgIpc) is 2.35. The number of nitrogens with zero attached hydrogens (tertiary/aromatic N) is 1. The second kappa shape index (κ2) is 7.06. The van der Waals surface area contributed by atoms with Gasteiger partial charge in [-0.25, -0.2) is 4.39 Å². The molecule has 2 N–H and O–H groups in total. The van der Waals surface area contributed by atoms with Crippen molar-refractivity contribution in [2.24, 2.45) is 5.73 Å². The van der Waals surface area contributed by atoms with Crippen LogP contribution < -0.4 is 15.4 Å². The summed E-state index contributed by atoms with van der Waals surface area (Å²) in [5, 5.41) is 0. The van der Waals surface area contributed by atoms with Gasteiger partial charge in [0.25, 0.3) is 0 Å². The summed E-state index contributed by atoms with van der Waals surface area (Å²) in [6, 6.07) is 7.63. The molecule has 1 aromatic carbocycles. The number of benzene rings is 1. The minimum absolute atomic E-state index is 0.351. The van der Waals surface area contributed by atoms with Gasteiger partial charge in [-0.3, -0.25) is 0 Å². The van der Waals surface area contributed by atoms with Crippen molar-refractivity contribution in [3.63, 3.8) is 0 Å². The van der Waals surface area contributed by atoms with Crippen LogP contribution in [-0.2, 0) is 0 Å². The number of methoxy groups -OCH3 is 1. The number of ether oxygens (including phenoxy) is 1. The van der Waals surface area contributed by atoms with Crippen LogP contribution in [0.4, 0.5) is 10.1 Å². The molecule has 1 aromatic rings. The molecule has 0 saturated heterocycles. The molecule has 0 aromatic heterocycles. The molecule has 16 heavy (non-hydrogen) atoms. The first-order valence-corrected chi connectivity index (χ1v) is 5.47. The highest BCUT2D eigenvalue weighted by Crippen LogP contribution is 2.19. The van der Waals surface area contributed by atoms with Crippen molar-refractivity contribution in [3.05, 3.63) is 24.3 Å². The normalized spacial score (nSPS) is 10.2. The van der Waals surface area contributed by atoms with Gasteiger partial charge in [0.1, 0.15) is 12.4 Å². The maximum absolute atomic E-state index is 12.4. The Kier molecular flexibility index (Phi) is 5.64. The van der Waals surface area contributed by atoms with E-state index >= 15 is 0 Å². The van der Waals surface area contributed by atoms with Crippen molar-refractivity contribution in [1.29, 1.82) is 0 Å². The van der Waals surface area contributed by atoms with Crippen molar-refractivity contribution < 1.29 is 9.13 Å². The molecule has 0 spiro atoms. The first-order valence-electron chi connectivity index (χ1n) is 5.47. The minimum atomic E-state index is -0.351. The van der Waals surface area contributed by atoms with E-state index in [1.807, 2.05) is 29.2 Å². The fraction of sp³-hybridized carbons (Fsp3) is 0.500. The van der Waals surface area contributed by atoms with Gasteiger partial charge < -0.3 is 15.4 Å². The van der Waals surface area contributed by atoms with E-state index in [4.69, 9.17) is 10.5 Å². The smallest absolute Gasteiger partial charge is 0.119 e. The van der Waals surface area contributed by atoms with Gasteiger partial charge in [-0.1, -0.05) is 0 Å². The fourth-order valence-corrected chi connectivity index (χ4v) is 1.55. The maximum atomic E-state index is 12.4. The van der Waals surface area contributed by atoms with Gasteiger partial charge in [0.2, 0.25) is 0 Å². The molecule has 0 aliphatic carbocycles. The predicted octanol–water partition coefficient (Wildman–Crippen LogP) is 1.82. The Bertz CT molecular complexity index is 290. The van der Waals surface area contributed by atoms with E-state index < -0.39 is 0 Å². The molecule has 0 unspecified atom stereocenters. The van der Waals surface area contributed by atoms with Crippen molar-refractivity contribution in [1.82, 2.24) is 0 Å². The molecule has 0 bridgehead atoms. The zero-order valence-corrected chi connectivity index (χ0v) is 9.66. The van der Waals surface area contributed by atoms with E-state index in [1.54, 1.807) is 7.11 Å². The molecule has 3 nitrogen and oxygen atoms in total. The highest BCUT2D eigenvalue weighted by molar-refractivity contribution is 5.49. The molecule has 0 radical (unpaired) electrons. The number of nitrogens with two attached hydrogens (primary N) is 1. The molecule has 0 fully saturated rings. The number of hydrogen-bond acceptors (Lipinski definition) is 3. The Morgan fingerprint density at radius 1 is 1.25 bits per heavy atom. The van der Waals surface area contributed by atoms with Crippen LogP contribution in [-0.4, -0.2) is 33.4 Å². The van der Waals surface area contributed by atoms with E-state index in [-0.39, 0.29) is 6.67 Å². The quantitative estimate of drug-likeness (QED) is 0.770. The van der Waals surface area contributed by atoms with Gasteiger partial charge in [0.05, 0.1) is 7.11 Å². The zero-order chi connectivity index (χ0) is 11.8. The van der Waals surface area contributed by atoms with Crippen molar-refractivity contribution >= 4 is 5.69 Å². The highest BCUT2D eigenvalue weighted by Gasteiger charge is 2.05. The van der Waals surface area contributed by atoms with Crippen molar-refractivity contribution in [2.45, 2.75) is 6.42 Å². The number of anilines is 1. The third-order valence-corrected chi connectivity index (χ3v) is 2.42. The van der Waals surface area contributed by atoms with Crippen molar-refractivity contribution in [2.75, 3.05) is 38.3 Å². The summed E-state index contributed by atoms with van der Waals surface area (Å²) in [6.45, 7) is 1.47. The van der Waals surface area contributed by atoms with Crippen LogP contribution in [0.2, 0.25) is 0 Å². The Labute approximate surface area is 96.0 Å². The van der Waals surface area contributed by atoms with Crippen LogP contribution in [0.25, 0.3) is 0 Å². The molecule has 0 aliphatic heterocycles.